The van der Waals surface area contributed by atoms with Gasteiger partial charge in [-0.15, -0.1) is 0 Å². The molecule has 0 fully saturated rings. The number of hydrogen-bond acceptors (Lipinski definition) is 9. The zero-order valence-corrected chi connectivity index (χ0v) is 20.7. The Kier molecular flexibility index (Phi) is 96.3. The van der Waals surface area contributed by atoms with E-state index in [1.165, 1.54) is 0 Å². The molecule has 0 amide bonds. The van der Waals surface area contributed by atoms with Crippen LogP contribution in [0.2, 0.25) is 0 Å². The van der Waals surface area contributed by atoms with Crippen molar-refractivity contribution in [1.82, 2.24) is 0 Å². The molecule has 0 spiro atoms. The van der Waals surface area contributed by atoms with Gasteiger partial charge in [0.15, 0.2) is 0 Å². The average molecular weight is 570 g/mol. The fourth-order valence-electron chi connectivity index (χ4n) is 0. The van der Waals surface area contributed by atoms with Gasteiger partial charge in [0.05, 0.1) is 0 Å². The van der Waals surface area contributed by atoms with Crippen molar-refractivity contribution in [2.45, 2.75) is 29.7 Å². The van der Waals surface area contributed by atoms with E-state index in [0.29, 0.717) is 0 Å². The molecule has 154 valence electrons. The van der Waals surface area contributed by atoms with Crippen LogP contribution in [0.5, 0.6) is 0 Å². The van der Waals surface area contributed by atoms with Gasteiger partial charge in [-0.05, 0) is 0 Å². The fourth-order valence-corrected chi connectivity index (χ4v) is 0. The third-order valence-electron chi connectivity index (χ3n) is 0.830. The van der Waals surface area contributed by atoms with Crippen LogP contribution in [-0.4, -0.2) is 34.7 Å². The summed E-state index contributed by atoms with van der Waals surface area (Å²) in [4.78, 5) is 28.8. The normalized spacial score (nSPS) is 13.0. The first-order valence-electron chi connectivity index (χ1n) is 3.83. The molecule has 9 nitrogen and oxygen atoms in total. The molecule has 0 bridgehead atoms. The molecular formula is C10H35O9P3Y2-4. The predicted molar refractivity (Wildman–Crippen MR) is 90.4 cm³/mol. The van der Waals surface area contributed by atoms with E-state index < -0.39 is 23.4 Å². The first-order valence-corrected chi connectivity index (χ1v) is 9.03. The molecule has 3 unspecified atom stereocenters. The average Bonchev–Trinajstić information content (AvgIpc) is 2.17. The summed E-state index contributed by atoms with van der Waals surface area (Å²) in [6.45, 7) is 2.04. The van der Waals surface area contributed by atoms with Crippen molar-refractivity contribution < 1.29 is 107 Å². The molecule has 0 heterocycles. The molecule has 0 aliphatic heterocycles. The largest absolute Gasteiger partial charge is 0.781 e. The van der Waals surface area contributed by atoms with E-state index in [2.05, 4.69) is 13.6 Å². The molecule has 3 atom stereocenters. The van der Waals surface area contributed by atoms with Crippen LogP contribution < -0.4 is 14.7 Å². The van der Waals surface area contributed by atoms with Crippen molar-refractivity contribution in [3.63, 3.8) is 0 Å². The zero-order chi connectivity index (χ0) is 14.7. The number of hydrogen-bond donors (Lipinski definition) is 0. The smallest absolute Gasteiger partial charge is 0.131 e. The maximum Gasteiger partial charge on any atom is 0.131 e. The minimum absolute atomic E-state index is 0. The van der Waals surface area contributed by atoms with Crippen LogP contribution >= 0.6 is 23.4 Å². The van der Waals surface area contributed by atoms with Gasteiger partial charge in [-0.3, -0.25) is 0 Å². The topological polar surface area (TPSA) is 148 Å². The summed E-state index contributed by atoms with van der Waals surface area (Å²) in [5, 5.41) is 0. The summed E-state index contributed by atoms with van der Waals surface area (Å²) in [6.07, 6.45) is 0. The Morgan fingerprint density at radius 3 is 0.875 bits per heavy atom. The van der Waals surface area contributed by atoms with Crippen molar-refractivity contribution in [3.05, 3.63) is 7.43 Å². The van der Waals surface area contributed by atoms with Gasteiger partial charge in [-0.1, -0.05) is 29.7 Å². The Labute approximate surface area is 200 Å². The van der Waals surface area contributed by atoms with Gasteiger partial charge in [-0.25, -0.2) is 0 Å². The van der Waals surface area contributed by atoms with Crippen LogP contribution in [0.15, 0.2) is 0 Å². The van der Waals surface area contributed by atoms with Crippen molar-refractivity contribution >= 4 is 23.4 Å². The molecule has 0 aromatic heterocycles. The summed E-state index contributed by atoms with van der Waals surface area (Å²) >= 11 is 0. The second kappa shape index (κ2) is 36.6. The maximum atomic E-state index is 9.81. The summed E-state index contributed by atoms with van der Waals surface area (Å²) in [5.74, 6) is 0. The van der Waals surface area contributed by atoms with Gasteiger partial charge in [0.2, 0.25) is 0 Å². The quantitative estimate of drug-likeness (QED) is 0.367. The van der Waals surface area contributed by atoms with E-state index in [-0.39, 0.29) is 103 Å². The van der Waals surface area contributed by atoms with Crippen molar-refractivity contribution in [2.75, 3.05) is 34.7 Å². The SMILES string of the molecule is C.C.C.C.COP(C)(=O)[O-].COP(C)(=O)[O-].CO[PH](=O)[O-].[CH3-].[Y].[Y]. The van der Waals surface area contributed by atoms with E-state index in [9.17, 15) is 28.4 Å². The second-order valence-corrected chi connectivity index (χ2v) is 7.09. The molecular weight excluding hydrogens is 535 g/mol. The Balaban J connectivity index is -0.0000000134. The van der Waals surface area contributed by atoms with Crippen LogP contribution in [0.25, 0.3) is 0 Å². The molecule has 0 rings (SSSR count). The Bertz CT molecular complexity index is 273. The van der Waals surface area contributed by atoms with E-state index in [1.807, 2.05) is 0 Å². The van der Waals surface area contributed by atoms with Crippen molar-refractivity contribution in [3.8, 4) is 0 Å². The molecule has 0 N–H and O–H groups in total. The van der Waals surface area contributed by atoms with Gasteiger partial charge in [0.1, 0.15) is 23.4 Å². The zero-order valence-electron chi connectivity index (χ0n) is 12.2. The standard InChI is InChI=1S/2C2H7O3P.CH5O3P.4CH4.CH3.2Y/c2*1-5-6(2,3)4;1-4-5(2)3;;;;;;;/h2*1-2H3,(H,3,4);5H,1H3,(H,2,3);4*1H4;1H3;;/q;;;;;;;-1;;/p-3. The molecule has 0 aliphatic carbocycles. The molecule has 0 aromatic carbocycles. The van der Waals surface area contributed by atoms with Gasteiger partial charge < -0.3 is 49.4 Å². The van der Waals surface area contributed by atoms with Crippen LogP contribution in [0, 0.1) is 7.43 Å². The van der Waals surface area contributed by atoms with E-state index in [1.54, 1.807) is 0 Å². The minimum Gasteiger partial charge on any atom is -0.781 e. The van der Waals surface area contributed by atoms with Gasteiger partial charge in [0.25, 0.3) is 0 Å². The predicted octanol–water partition coefficient (Wildman–Crippen LogP) is 2.00. The van der Waals surface area contributed by atoms with Crippen LogP contribution in [-0.2, 0) is 92.7 Å². The molecule has 2 radical (unpaired) electrons. The minimum atomic E-state index is -3.40. The molecule has 0 saturated carbocycles. The molecule has 0 aliphatic rings. The Morgan fingerprint density at radius 2 is 0.875 bits per heavy atom. The van der Waals surface area contributed by atoms with Gasteiger partial charge >= 0.3 is 0 Å². The third kappa shape index (κ3) is 121. The summed E-state index contributed by atoms with van der Waals surface area (Å²) in [5.41, 5.74) is 0. The van der Waals surface area contributed by atoms with E-state index >= 15 is 0 Å². The molecule has 24 heavy (non-hydrogen) atoms. The van der Waals surface area contributed by atoms with E-state index in [0.717, 1.165) is 34.7 Å². The Morgan fingerprint density at radius 1 is 0.792 bits per heavy atom. The summed E-state index contributed by atoms with van der Waals surface area (Å²) < 4.78 is 40.4. The van der Waals surface area contributed by atoms with E-state index in [4.69, 9.17) is 0 Å². The molecule has 0 aromatic rings. The summed E-state index contributed by atoms with van der Waals surface area (Å²) in [6, 6.07) is 0. The van der Waals surface area contributed by atoms with Crippen LogP contribution in [0.4, 0.5) is 0 Å². The van der Waals surface area contributed by atoms with Crippen LogP contribution in [0.3, 0.4) is 0 Å². The molecule has 0 saturated heterocycles. The third-order valence-corrected chi connectivity index (χ3v) is 2.49. The van der Waals surface area contributed by atoms with Crippen molar-refractivity contribution in [1.29, 1.82) is 0 Å². The Hall–Kier alpha value is 2.66. The summed E-state index contributed by atoms with van der Waals surface area (Å²) in [7, 11) is -6.28. The van der Waals surface area contributed by atoms with Crippen molar-refractivity contribution in [2.24, 2.45) is 0 Å². The maximum absolute atomic E-state index is 9.81. The molecule has 14 heteroatoms. The van der Waals surface area contributed by atoms with Gasteiger partial charge in [0, 0.05) is 100 Å². The first-order chi connectivity index (χ1) is 7.39. The first kappa shape index (κ1) is 63.2. The van der Waals surface area contributed by atoms with Crippen LogP contribution in [0.1, 0.15) is 29.7 Å². The van der Waals surface area contributed by atoms with Gasteiger partial charge in [-0.2, -0.15) is 0 Å². The second-order valence-electron chi connectivity index (χ2n) is 2.36. The number of rotatable bonds is 3. The fraction of sp³-hybridized carbons (Fsp3) is 0.900. The monoisotopic (exact) mass is 570 g/mol.